The van der Waals surface area contributed by atoms with Crippen molar-refractivity contribution in [3.05, 3.63) is 76.7 Å². The number of carbonyl (C=O) groups excluding carboxylic acids is 1. The Bertz CT molecular complexity index is 1230. The fourth-order valence-corrected chi connectivity index (χ4v) is 4.35. The Morgan fingerprint density at radius 2 is 1.86 bits per heavy atom. The van der Waals surface area contributed by atoms with Crippen LogP contribution in [0.2, 0.25) is 0 Å². The van der Waals surface area contributed by atoms with Crippen molar-refractivity contribution in [1.82, 2.24) is 14.9 Å². The lowest BCUT2D eigenvalue weighted by molar-refractivity contribution is -0.137. The van der Waals surface area contributed by atoms with Crippen molar-refractivity contribution in [1.29, 1.82) is 5.26 Å². The molecule has 1 amide bonds. The maximum atomic E-state index is 12.7. The standard InChI is InChI=1S/C29H32N4O3/c1-3-4-9-27-26(18-22-10-12-23(13-11-22)25-8-6-5-7-24(25)19-30)29(32-21(2)31-27)36-20-28(34)33-14-16-35-17-15-33/h5-8,10-13H,3-4,9,14-18,20H2,1-2H3. The lowest BCUT2D eigenvalue weighted by atomic mass is 9.96. The molecule has 1 aliphatic heterocycles. The molecule has 4 rings (SSSR count). The molecule has 1 aliphatic rings. The normalized spacial score (nSPS) is 13.3. The first-order valence-corrected chi connectivity index (χ1v) is 12.5. The van der Waals surface area contributed by atoms with Gasteiger partial charge in [-0.2, -0.15) is 10.2 Å². The first-order chi connectivity index (χ1) is 17.6. The van der Waals surface area contributed by atoms with E-state index >= 15 is 0 Å². The van der Waals surface area contributed by atoms with Gasteiger partial charge in [0, 0.05) is 25.1 Å². The fraction of sp³-hybridized carbons (Fsp3) is 0.379. The molecule has 1 saturated heterocycles. The summed E-state index contributed by atoms with van der Waals surface area (Å²) in [4.78, 5) is 23.8. The second kappa shape index (κ2) is 12.3. The van der Waals surface area contributed by atoms with Gasteiger partial charge in [0.05, 0.1) is 30.5 Å². The zero-order valence-electron chi connectivity index (χ0n) is 21.0. The van der Waals surface area contributed by atoms with Gasteiger partial charge in [-0.1, -0.05) is 55.8 Å². The zero-order chi connectivity index (χ0) is 25.3. The van der Waals surface area contributed by atoms with Gasteiger partial charge >= 0.3 is 0 Å². The van der Waals surface area contributed by atoms with Crippen LogP contribution in [0.25, 0.3) is 11.1 Å². The molecule has 0 spiro atoms. The van der Waals surface area contributed by atoms with Crippen molar-refractivity contribution < 1.29 is 14.3 Å². The summed E-state index contributed by atoms with van der Waals surface area (Å²) in [6.07, 6.45) is 3.50. The molecular weight excluding hydrogens is 452 g/mol. The Morgan fingerprint density at radius 1 is 1.11 bits per heavy atom. The quantitative estimate of drug-likeness (QED) is 0.445. The van der Waals surface area contributed by atoms with Gasteiger partial charge in [0.2, 0.25) is 5.88 Å². The Balaban J connectivity index is 1.58. The van der Waals surface area contributed by atoms with Crippen molar-refractivity contribution >= 4 is 5.91 Å². The number of aromatic nitrogens is 2. The van der Waals surface area contributed by atoms with Crippen LogP contribution >= 0.6 is 0 Å². The van der Waals surface area contributed by atoms with Gasteiger partial charge in [-0.3, -0.25) is 4.79 Å². The molecule has 7 heteroatoms. The third kappa shape index (κ3) is 6.27. The Labute approximate surface area is 212 Å². The van der Waals surface area contributed by atoms with Gasteiger partial charge in [-0.05, 0) is 42.5 Å². The van der Waals surface area contributed by atoms with E-state index in [9.17, 15) is 10.1 Å². The summed E-state index contributed by atoms with van der Waals surface area (Å²) in [7, 11) is 0. The third-order valence-corrected chi connectivity index (χ3v) is 6.32. The summed E-state index contributed by atoms with van der Waals surface area (Å²) in [5.41, 5.74) is 5.54. The van der Waals surface area contributed by atoms with Crippen molar-refractivity contribution in [3.8, 4) is 23.1 Å². The molecule has 7 nitrogen and oxygen atoms in total. The summed E-state index contributed by atoms with van der Waals surface area (Å²) in [5, 5.41) is 9.45. The van der Waals surface area contributed by atoms with E-state index in [2.05, 4.69) is 30.1 Å². The predicted molar refractivity (Wildman–Crippen MR) is 138 cm³/mol. The molecule has 0 unspecified atom stereocenters. The van der Waals surface area contributed by atoms with E-state index in [0.29, 0.717) is 50.0 Å². The van der Waals surface area contributed by atoms with Crippen molar-refractivity contribution in [2.75, 3.05) is 32.9 Å². The number of hydrogen-bond acceptors (Lipinski definition) is 6. The Morgan fingerprint density at radius 3 is 2.58 bits per heavy atom. The van der Waals surface area contributed by atoms with Crippen LogP contribution in [0.4, 0.5) is 0 Å². The van der Waals surface area contributed by atoms with Crippen molar-refractivity contribution in [3.63, 3.8) is 0 Å². The molecule has 0 atom stereocenters. The molecule has 1 aromatic heterocycles. The molecule has 186 valence electrons. The Kier molecular flexibility index (Phi) is 8.64. The van der Waals surface area contributed by atoms with Crippen LogP contribution in [-0.4, -0.2) is 53.7 Å². The highest BCUT2D eigenvalue weighted by molar-refractivity contribution is 5.77. The van der Waals surface area contributed by atoms with E-state index in [1.54, 1.807) is 4.90 Å². The lowest BCUT2D eigenvalue weighted by Gasteiger charge is -2.26. The van der Waals surface area contributed by atoms with Crippen LogP contribution in [0.3, 0.4) is 0 Å². The number of hydrogen-bond donors (Lipinski definition) is 0. The fourth-order valence-electron chi connectivity index (χ4n) is 4.35. The Hall–Kier alpha value is -3.76. The van der Waals surface area contributed by atoms with E-state index < -0.39 is 0 Å². The number of aryl methyl sites for hydroxylation is 2. The molecule has 0 saturated carbocycles. The van der Waals surface area contributed by atoms with Gasteiger partial charge in [-0.25, -0.2) is 4.98 Å². The molecule has 1 fully saturated rings. The number of unbranched alkanes of at least 4 members (excludes halogenated alkanes) is 1. The number of benzene rings is 2. The summed E-state index contributed by atoms with van der Waals surface area (Å²) < 4.78 is 11.4. The average Bonchev–Trinajstić information content (AvgIpc) is 2.92. The number of rotatable bonds is 9. The summed E-state index contributed by atoms with van der Waals surface area (Å²) in [6.45, 7) is 6.24. The number of nitrogens with zero attached hydrogens (tertiary/aromatic N) is 4. The minimum Gasteiger partial charge on any atom is -0.467 e. The molecule has 2 aromatic carbocycles. The van der Waals surface area contributed by atoms with E-state index in [1.165, 1.54) is 0 Å². The van der Waals surface area contributed by atoms with E-state index in [-0.39, 0.29) is 12.5 Å². The maximum Gasteiger partial charge on any atom is 0.260 e. The monoisotopic (exact) mass is 484 g/mol. The second-order valence-corrected chi connectivity index (χ2v) is 8.92. The van der Waals surface area contributed by atoms with Crippen LogP contribution < -0.4 is 4.74 Å². The van der Waals surface area contributed by atoms with Crippen molar-refractivity contribution in [2.45, 2.75) is 39.5 Å². The molecule has 2 heterocycles. The average molecular weight is 485 g/mol. The van der Waals surface area contributed by atoms with Crippen LogP contribution in [0.1, 0.15) is 48.0 Å². The highest BCUT2D eigenvalue weighted by Crippen LogP contribution is 2.27. The largest absolute Gasteiger partial charge is 0.467 e. The third-order valence-electron chi connectivity index (χ3n) is 6.32. The molecular formula is C29H32N4O3. The molecule has 0 aliphatic carbocycles. The number of carbonyl (C=O) groups is 1. The SMILES string of the molecule is CCCCc1nc(C)nc(OCC(=O)N2CCOCC2)c1Cc1ccc(-c2ccccc2C#N)cc1. The van der Waals surface area contributed by atoms with Crippen molar-refractivity contribution in [2.24, 2.45) is 0 Å². The van der Waals surface area contributed by atoms with E-state index in [0.717, 1.165) is 47.2 Å². The molecule has 0 N–H and O–H groups in total. The van der Waals surface area contributed by atoms with Crippen LogP contribution in [0.15, 0.2) is 48.5 Å². The minimum absolute atomic E-state index is 0.0550. The lowest BCUT2D eigenvalue weighted by Crippen LogP contribution is -2.43. The summed E-state index contributed by atoms with van der Waals surface area (Å²) in [6, 6.07) is 18.1. The highest BCUT2D eigenvalue weighted by Gasteiger charge is 2.20. The van der Waals surface area contributed by atoms with Crippen LogP contribution in [0, 0.1) is 18.3 Å². The topological polar surface area (TPSA) is 88.3 Å². The molecule has 0 radical (unpaired) electrons. The zero-order valence-corrected chi connectivity index (χ0v) is 21.0. The predicted octanol–water partition coefficient (Wildman–Crippen LogP) is 4.49. The van der Waals surface area contributed by atoms with Gasteiger partial charge in [0.15, 0.2) is 6.61 Å². The van der Waals surface area contributed by atoms with Crippen LogP contribution in [-0.2, 0) is 22.4 Å². The second-order valence-electron chi connectivity index (χ2n) is 8.92. The van der Waals surface area contributed by atoms with E-state index in [1.807, 2.05) is 43.3 Å². The van der Waals surface area contributed by atoms with E-state index in [4.69, 9.17) is 14.5 Å². The first kappa shape index (κ1) is 25.3. The van der Waals surface area contributed by atoms with Crippen LogP contribution in [0.5, 0.6) is 5.88 Å². The van der Waals surface area contributed by atoms with Gasteiger partial charge in [-0.15, -0.1) is 0 Å². The maximum absolute atomic E-state index is 12.7. The van der Waals surface area contributed by atoms with Gasteiger partial charge < -0.3 is 14.4 Å². The molecule has 0 bridgehead atoms. The molecule has 36 heavy (non-hydrogen) atoms. The van der Waals surface area contributed by atoms with Gasteiger partial charge in [0.25, 0.3) is 5.91 Å². The van der Waals surface area contributed by atoms with Gasteiger partial charge in [0.1, 0.15) is 5.82 Å². The molecule has 3 aromatic rings. The smallest absolute Gasteiger partial charge is 0.260 e. The highest BCUT2D eigenvalue weighted by atomic mass is 16.5. The number of morpholine rings is 1. The number of amides is 1. The first-order valence-electron chi connectivity index (χ1n) is 12.5. The summed E-state index contributed by atoms with van der Waals surface area (Å²) >= 11 is 0. The summed E-state index contributed by atoms with van der Waals surface area (Å²) in [5.74, 6) is 1.06. The minimum atomic E-state index is -0.0591. The number of nitriles is 1. The number of ether oxygens (including phenoxy) is 2.